The molecule has 1 atom stereocenters. The molecule has 0 spiro atoms. The van der Waals surface area contributed by atoms with E-state index < -0.39 is 11.4 Å². The average molecular weight is 329 g/mol. The topological polar surface area (TPSA) is 95.1 Å². The van der Waals surface area contributed by atoms with Gasteiger partial charge in [0.25, 0.3) is 0 Å². The third kappa shape index (κ3) is 2.80. The second-order valence-electron chi connectivity index (χ2n) is 5.85. The quantitative estimate of drug-likeness (QED) is 0.919. The van der Waals surface area contributed by atoms with Crippen LogP contribution in [0.3, 0.4) is 0 Å². The van der Waals surface area contributed by atoms with Crippen LogP contribution in [0.5, 0.6) is 0 Å². The molecule has 0 bridgehead atoms. The number of aromatic nitrogens is 2. The van der Waals surface area contributed by atoms with Gasteiger partial charge in [0.2, 0.25) is 11.8 Å². The standard InChI is InChI=1S/C16H16FN5O2/c1-10(23)20-16(15-19-11(2)24-21-15)5-6-22(9-16)14-4-3-12(8-18)7-13(14)17/h3-4,7H,5-6,9H2,1-2H3,(H,20,23). The summed E-state index contributed by atoms with van der Waals surface area (Å²) < 4.78 is 19.3. The van der Waals surface area contributed by atoms with E-state index in [9.17, 15) is 9.18 Å². The zero-order valence-electron chi connectivity index (χ0n) is 13.3. The Morgan fingerprint density at radius 2 is 2.33 bits per heavy atom. The molecule has 1 saturated heterocycles. The van der Waals surface area contributed by atoms with Crippen molar-refractivity contribution in [3.8, 4) is 6.07 Å². The molecule has 7 nitrogen and oxygen atoms in total. The number of nitrogens with zero attached hydrogens (tertiary/aromatic N) is 4. The second-order valence-corrected chi connectivity index (χ2v) is 5.85. The second kappa shape index (κ2) is 5.92. The van der Waals surface area contributed by atoms with Crippen LogP contribution >= 0.6 is 0 Å². The van der Waals surface area contributed by atoms with Crippen molar-refractivity contribution in [1.29, 1.82) is 5.26 Å². The van der Waals surface area contributed by atoms with Gasteiger partial charge in [0.15, 0.2) is 5.82 Å². The zero-order chi connectivity index (χ0) is 17.3. The van der Waals surface area contributed by atoms with Crippen LogP contribution in [0, 0.1) is 24.1 Å². The van der Waals surface area contributed by atoms with E-state index in [4.69, 9.17) is 9.78 Å². The molecule has 1 N–H and O–H groups in total. The van der Waals surface area contributed by atoms with Crippen molar-refractivity contribution in [2.45, 2.75) is 25.8 Å². The molecule has 2 aromatic rings. The molecule has 0 saturated carbocycles. The number of carbonyl (C=O) groups is 1. The van der Waals surface area contributed by atoms with Crippen LogP contribution in [-0.2, 0) is 10.3 Å². The lowest BCUT2D eigenvalue weighted by Gasteiger charge is -2.27. The molecule has 1 fully saturated rings. The molecule has 8 heteroatoms. The third-order valence-electron chi connectivity index (χ3n) is 4.06. The molecule has 0 aliphatic carbocycles. The number of aryl methyl sites for hydroxylation is 1. The van der Waals surface area contributed by atoms with Crippen LogP contribution in [0.4, 0.5) is 10.1 Å². The number of hydrogen-bond acceptors (Lipinski definition) is 6. The van der Waals surface area contributed by atoms with Crippen molar-refractivity contribution >= 4 is 11.6 Å². The highest BCUT2D eigenvalue weighted by atomic mass is 19.1. The van der Waals surface area contributed by atoms with E-state index in [1.807, 2.05) is 6.07 Å². The Morgan fingerprint density at radius 3 is 2.92 bits per heavy atom. The molecule has 3 rings (SSSR count). The summed E-state index contributed by atoms with van der Waals surface area (Å²) >= 11 is 0. The summed E-state index contributed by atoms with van der Waals surface area (Å²) in [5.74, 6) is 0.0843. The van der Waals surface area contributed by atoms with Crippen LogP contribution in [0.1, 0.15) is 30.6 Å². The SMILES string of the molecule is CC(=O)NC1(c2noc(C)n2)CCN(c2ccc(C#N)cc2F)C1. The van der Waals surface area contributed by atoms with Crippen molar-refractivity contribution in [3.05, 3.63) is 41.3 Å². The number of halogens is 1. The number of carbonyl (C=O) groups excluding carboxylic acids is 1. The van der Waals surface area contributed by atoms with Gasteiger partial charge in [0, 0.05) is 26.9 Å². The van der Waals surface area contributed by atoms with Crippen LogP contribution in [0.2, 0.25) is 0 Å². The minimum Gasteiger partial charge on any atom is -0.366 e. The monoisotopic (exact) mass is 329 g/mol. The Labute approximate surface area is 138 Å². The van der Waals surface area contributed by atoms with Gasteiger partial charge in [-0.25, -0.2) is 4.39 Å². The molecule has 1 aliphatic heterocycles. The van der Waals surface area contributed by atoms with Gasteiger partial charge in [-0.1, -0.05) is 5.16 Å². The molecule has 1 amide bonds. The smallest absolute Gasteiger partial charge is 0.223 e. The van der Waals surface area contributed by atoms with E-state index in [1.54, 1.807) is 24.0 Å². The maximum absolute atomic E-state index is 14.3. The summed E-state index contributed by atoms with van der Waals surface area (Å²) in [5.41, 5.74) is -0.192. The molecular formula is C16H16FN5O2. The highest BCUT2D eigenvalue weighted by Gasteiger charge is 2.44. The van der Waals surface area contributed by atoms with E-state index in [-0.39, 0.29) is 11.5 Å². The Bertz CT molecular complexity index is 828. The van der Waals surface area contributed by atoms with E-state index in [2.05, 4.69) is 15.5 Å². The lowest BCUT2D eigenvalue weighted by molar-refractivity contribution is -0.120. The van der Waals surface area contributed by atoms with E-state index in [0.29, 0.717) is 36.9 Å². The Hall–Kier alpha value is -2.95. The van der Waals surface area contributed by atoms with Crippen LogP contribution in [-0.4, -0.2) is 29.1 Å². The normalized spacial score (nSPS) is 20.0. The fraction of sp³-hybridized carbons (Fsp3) is 0.375. The Morgan fingerprint density at radius 1 is 1.54 bits per heavy atom. The molecule has 1 aromatic carbocycles. The molecule has 124 valence electrons. The molecule has 2 heterocycles. The predicted octanol–water partition coefficient (Wildman–Crippen LogP) is 1.63. The first-order valence-electron chi connectivity index (χ1n) is 7.48. The number of benzene rings is 1. The lowest BCUT2D eigenvalue weighted by atomic mass is 9.97. The fourth-order valence-electron chi connectivity index (χ4n) is 3.02. The van der Waals surface area contributed by atoms with Crippen molar-refractivity contribution < 1.29 is 13.7 Å². The number of nitrogens with one attached hydrogen (secondary N) is 1. The maximum atomic E-state index is 14.3. The molecule has 0 radical (unpaired) electrons. The summed E-state index contributed by atoms with van der Waals surface area (Å²) in [6.07, 6.45) is 0.519. The molecule has 1 unspecified atom stereocenters. The first-order valence-corrected chi connectivity index (χ1v) is 7.48. The Kier molecular flexibility index (Phi) is 3.93. The average Bonchev–Trinajstić information content (AvgIpc) is 3.14. The lowest BCUT2D eigenvalue weighted by Crippen LogP contribution is -2.48. The summed E-state index contributed by atoms with van der Waals surface area (Å²) in [6, 6.07) is 6.24. The van der Waals surface area contributed by atoms with Gasteiger partial charge in [-0.2, -0.15) is 10.2 Å². The zero-order valence-corrected chi connectivity index (χ0v) is 13.3. The third-order valence-corrected chi connectivity index (χ3v) is 4.06. The molecule has 1 aliphatic rings. The number of rotatable bonds is 3. The van der Waals surface area contributed by atoms with Gasteiger partial charge in [0.05, 0.1) is 17.3 Å². The first kappa shape index (κ1) is 15.9. The van der Waals surface area contributed by atoms with Crippen LogP contribution in [0.25, 0.3) is 0 Å². The Balaban J connectivity index is 1.93. The van der Waals surface area contributed by atoms with Gasteiger partial charge in [-0.3, -0.25) is 4.79 Å². The summed E-state index contributed by atoms with van der Waals surface area (Å²) in [7, 11) is 0. The summed E-state index contributed by atoms with van der Waals surface area (Å²) in [4.78, 5) is 17.7. The van der Waals surface area contributed by atoms with Crippen molar-refractivity contribution in [2.24, 2.45) is 0 Å². The van der Waals surface area contributed by atoms with E-state index >= 15 is 0 Å². The fourth-order valence-corrected chi connectivity index (χ4v) is 3.02. The van der Waals surface area contributed by atoms with Gasteiger partial charge in [0.1, 0.15) is 11.4 Å². The van der Waals surface area contributed by atoms with Crippen molar-refractivity contribution in [2.75, 3.05) is 18.0 Å². The number of hydrogen-bond donors (Lipinski definition) is 1. The predicted molar refractivity (Wildman–Crippen MR) is 82.5 cm³/mol. The minimum absolute atomic E-state index is 0.223. The maximum Gasteiger partial charge on any atom is 0.223 e. The number of amides is 1. The van der Waals surface area contributed by atoms with E-state index in [1.165, 1.54) is 13.0 Å². The van der Waals surface area contributed by atoms with Gasteiger partial charge >= 0.3 is 0 Å². The summed E-state index contributed by atoms with van der Waals surface area (Å²) in [6.45, 7) is 3.91. The van der Waals surface area contributed by atoms with Crippen LogP contribution < -0.4 is 10.2 Å². The van der Waals surface area contributed by atoms with Crippen molar-refractivity contribution in [3.63, 3.8) is 0 Å². The van der Waals surface area contributed by atoms with Crippen molar-refractivity contribution in [1.82, 2.24) is 15.5 Å². The highest BCUT2D eigenvalue weighted by molar-refractivity contribution is 5.74. The number of anilines is 1. The first-order chi connectivity index (χ1) is 11.4. The number of nitriles is 1. The highest BCUT2D eigenvalue weighted by Crippen LogP contribution is 2.34. The minimum atomic E-state index is -0.829. The largest absolute Gasteiger partial charge is 0.366 e. The molecule has 1 aromatic heterocycles. The van der Waals surface area contributed by atoms with Gasteiger partial charge in [-0.15, -0.1) is 0 Å². The molecule has 24 heavy (non-hydrogen) atoms. The van der Waals surface area contributed by atoms with E-state index in [0.717, 1.165) is 0 Å². The van der Waals surface area contributed by atoms with Crippen LogP contribution in [0.15, 0.2) is 22.7 Å². The molecular weight excluding hydrogens is 313 g/mol. The summed E-state index contributed by atoms with van der Waals surface area (Å²) in [5, 5.41) is 15.7. The van der Waals surface area contributed by atoms with Gasteiger partial charge in [-0.05, 0) is 24.6 Å². The van der Waals surface area contributed by atoms with Gasteiger partial charge < -0.3 is 14.7 Å².